The molecule has 3 aromatic carbocycles. The van der Waals surface area contributed by atoms with Crippen molar-refractivity contribution >= 4 is 16.9 Å². The molecule has 0 aliphatic carbocycles. The van der Waals surface area contributed by atoms with Gasteiger partial charge in [0.2, 0.25) is 0 Å². The van der Waals surface area contributed by atoms with E-state index in [1.54, 1.807) is 24.5 Å². The SMILES string of the molecule is O=C(NCc1ccc(-n2cnc3ccccc32)cc1)c1ccccc1O. The summed E-state index contributed by atoms with van der Waals surface area (Å²) in [6.07, 6.45) is 1.81. The van der Waals surface area contributed by atoms with Gasteiger partial charge in [-0.1, -0.05) is 36.4 Å². The number of rotatable bonds is 4. The first-order valence-electron chi connectivity index (χ1n) is 8.30. The quantitative estimate of drug-likeness (QED) is 0.594. The van der Waals surface area contributed by atoms with Gasteiger partial charge in [-0.3, -0.25) is 9.36 Å². The summed E-state index contributed by atoms with van der Waals surface area (Å²) in [7, 11) is 0. The van der Waals surface area contributed by atoms with Crippen LogP contribution in [0.15, 0.2) is 79.1 Å². The van der Waals surface area contributed by atoms with Gasteiger partial charge >= 0.3 is 0 Å². The number of phenolic OH excluding ortho intramolecular Hbond substituents is 1. The maximum atomic E-state index is 12.2. The smallest absolute Gasteiger partial charge is 0.255 e. The zero-order chi connectivity index (χ0) is 17.9. The van der Waals surface area contributed by atoms with Crippen molar-refractivity contribution in [2.45, 2.75) is 6.54 Å². The number of aromatic nitrogens is 2. The molecule has 0 radical (unpaired) electrons. The van der Waals surface area contributed by atoms with E-state index in [4.69, 9.17) is 0 Å². The summed E-state index contributed by atoms with van der Waals surface area (Å²) >= 11 is 0. The average Bonchev–Trinajstić information content (AvgIpc) is 3.11. The fourth-order valence-corrected chi connectivity index (χ4v) is 2.88. The van der Waals surface area contributed by atoms with E-state index in [2.05, 4.69) is 10.3 Å². The van der Waals surface area contributed by atoms with Crippen molar-refractivity contribution in [3.8, 4) is 11.4 Å². The molecule has 1 amide bonds. The lowest BCUT2D eigenvalue weighted by Crippen LogP contribution is -2.22. The van der Waals surface area contributed by atoms with Gasteiger partial charge in [-0.25, -0.2) is 4.98 Å². The van der Waals surface area contributed by atoms with Crippen molar-refractivity contribution in [2.75, 3.05) is 0 Å². The number of nitrogens with one attached hydrogen (secondary N) is 1. The molecule has 1 heterocycles. The highest BCUT2D eigenvalue weighted by molar-refractivity contribution is 5.96. The number of imidazole rings is 1. The second-order valence-corrected chi connectivity index (χ2v) is 5.97. The highest BCUT2D eigenvalue weighted by Crippen LogP contribution is 2.19. The Kier molecular flexibility index (Phi) is 4.11. The van der Waals surface area contributed by atoms with Gasteiger partial charge in [-0.15, -0.1) is 0 Å². The standard InChI is InChI=1S/C21H17N3O2/c25-20-8-4-1-5-17(20)21(26)22-13-15-9-11-16(12-10-15)24-14-23-18-6-2-3-7-19(18)24/h1-12,14,25H,13H2,(H,22,26). The van der Waals surface area contributed by atoms with E-state index in [1.165, 1.54) is 6.07 Å². The first-order valence-corrected chi connectivity index (χ1v) is 8.30. The van der Waals surface area contributed by atoms with Crippen LogP contribution in [-0.4, -0.2) is 20.6 Å². The van der Waals surface area contributed by atoms with Gasteiger partial charge in [0.05, 0.1) is 16.6 Å². The predicted octanol–water partition coefficient (Wildman–Crippen LogP) is 3.66. The van der Waals surface area contributed by atoms with Crippen LogP contribution in [0.25, 0.3) is 16.7 Å². The first kappa shape index (κ1) is 15.9. The van der Waals surface area contributed by atoms with Gasteiger partial charge in [0.25, 0.3) is 5.91 Å². The Hall–Kier alpha value is -3.60. The van der Waals surface area contributed by atoms with E-state index in [9.17, 15) is 9.90 Å². The summed E-state index contributed by atoms with van der Waals surface area (Å²) in [5, 5.41) is 12.6. The molecule has 5 nitrogen and oxygen atoms in total. The molecule has 0 fully saturated rings. The number of nitrogens with zero attached hydrogens (tertiary/aromatic N) is 2. The van der Waals surface area contributed by atoms with E-state index in [0.29, 0.717) is 6.54 Å². The number of amides is 1. The lowest BCUT2D eigenvalue weighted by Gasteiger charge is -2.08. The van der Waals surface area contributed by atoms with E-state index in [1.807, 2.05) is 53.1 Å². The molecule has 0 unspecified atom stereocenters. The number of aromatic hydroxyl groups is 1. The van der Waals surface area contributed by atoms with Crippen LogP contribution in [0.4, 0.5) is 0 Å². The molecule has 0 saturated heterocycles. The Morgan fingerprint density at radius 2 is 1.69 bits per heavy atom. The summed E-state index contributed by atoms with van der Waals surface area (Å²) in [4.78, 5) is 16.6. The van der Waals surface area contributed by atoms with E-state index >= 15 is 0 Å². The second kappa shape index (κ2) is 6.72. The molecule has 0 spiro atoms. The summed E-state index contributed by atoms with van der Waals surface area (Å²) in [6.45, 7) is 0.387. The maximum absolute atomic E-state index is 12.2. The Labute approximate surface area is 150 Å². The monoisotopic (exact) mass is 343 g/mol. The van der Waals surface area contributed by atoms with Crippen molar-refractivity contribution in [3.63, 3.8) is 0 Å². The van der Waals surface area contributed by atoms with Crippen molar-refractivity contribution < 1.29 is 9.90 Å². The summed E-state index contributed by atoms with van der Waals surface area (Å²) in [5.41, 5.74) is 4.25. The number of benzene rings is 3. The van der Waals surface area contributed by atoms with Crippen LogP contribution >= 0.6 is 0 Å². The third-order valence-electron chi connectivity index (χ3n) is 4.27. The molecule has 0 aliphatic rings. The first-order chi connectivity index (χ1) is 12.7. The van der Waals surface area contributed by atoms with E-state index < -0.39 is 0 Å². The van der Waals surface area contributed by atoms with Gasteiger partial charge in [0.15, 0.2) is 0 Å². The number of hydrogen-bond acceptors (Lipinski definition) is 3. The van der Waals surface area contributed by atoms with Crippen molar-refractivity contribution in [2.24, 2.45) is 0 Å². The van der Waals surface area contributed by atoms with Crippen LogP contribution < -0.4 is 5.32 Å². The maximum Gasteiger partial charge on any atom is 0.255 e. The third kappa shape index (κ3) is 3.02. The summed E-state index contributed by atoms with van der Waals surface area (Å²) in [6, 6.07) is 22.4. The number of carbonyl (C=O) groups is 1. The van der Waals surface area contributed by atoms with Crippen LogP contribution in [0, 0.1) is 0 Å². The lowest BCUT2D eigenvalue weighted by molar-refractivity contribution is 0.0948. The molecule has 0 atom stereocenters. The Morgan fingerprint density at radius 1 is 0.962 bits per heavy atom. The van der Waals surface area contributed by atoms with Crippen molar-refractivity contribution in [1.82, 2.24) is 14.9 Å². The van der Waals surface area contributed by atoms with Crippen LogP contribution in [0.1, 0.15) is 15.9 Å². The minimum atomic E-state index is -0.298. The second-order valence-electron chi connectivity index (χ2n) is 5.97. The number of para-hydroxylation sites is 3. The zero-order valence-electron chi connectivity index (χ0n) is 14.0. The molecule has 5 heteroatoms. The minimum Gasteiger partial charge on any atom is -0.507 e. The Morgan fingerprint density at radius 3 is 2.50 bits per heavy atom. The third-order valence-corrected chi connectivity index (χ3v) is 4.27. The topological polar surface area (TPSA) is 67.2 Å². The predicted molar refractivity (Wildman–Crippen MR) is 100 cm³/mol. The zero-order valence-corrected chi connectivity index (χ0v) is 14.0. The molecular formula is C21H17N3O2. The molecule has 4 aromatic rings. The van der Waals surface area contributed by atoms with Crippen LogP contribution in [-0.2, 0) is 6.54 Å². The molecule has 128 valence electrons. The molecule has 2 N–H and O–H groups in total. The molecule has 0 aliphatic heterocycles. The fraction of sp³-hybridized carbons (Fsp3) is 0.0476. The highest BCUT2D eigenvalue weighted by Gasteiger charge is 2.10. The average molecular weight is 343 g/mol. The van der Waals surface area contributed by atoms with Crippen molar-refractivity contribution in [3.05, 3.63) is 90.3 Å². The lowest BCUT2D eigenvalue weighted by atomic mass is 10.1. The Bertz CT molecular complexity index is 1070. The molecule has 0 saturated carbocycles. The fourth-order valence-electron chi connectivity index (χ4n) is 2.88. The molecule has 0 bridgehead atoms. The summed E-state index contributed by atoms with van der Waals surface area (Å²) in [5.74, 6) is -0.319. The molecule has 1 aromatic heterocycles. The van der Waals surface area contributed by atoms with Gasteiger partial charge in [0, 0.05) is 12.2 Å². The molecule has 4 rings (SSSR count). The van der Waals surface area contributed by atoms with Crippen LogP contribution in [0.3, 0.4) is 0 Å². The van der Waals surface area contributed by atoms with Gasteiger partial charge in [-0.2, -0.15) is 0 Å². The number of fused-ring (bicyclic) bond motifs is 1. The normalized spacial score (nSPS) is 10.8. The number of phenols is 1. The van der Waals surface area contributed by atoms with Gasteiger partial charge < -0.3 is 10.4 Å². The molecular weight excluding hydrogens is 326 g/mol. The van der Waals surface area contributed by atoms with Crippen LogP contribution in [0.5, 0.6) is 5.75 Å². The largest absolute Gasteiger partial charge is 0.507 e. The van der Waals surface area contributed by atoms with Crippen LogP contribution in [0.2, 0.25) is 0 Å². The van der Waals surface area contributed by atoms with E-state index in [-0.39, 0.29) is 17.2 Å². The highest BCUT2D eigenvalue weighted by atomic mass is 16.3. The minimum absolute atomic E-state index is 0.0210. The van der Waals surface area contributed by atoms with Crippen molar-refractivity contribution in [1.29, 1.82) is 0 Å². The number of hydrogen-bond donors (Lipinski definition) is 2. The number of carbonyl (C=O) groups excluding carboxylic acids is 1. The Balaban J connectivity index is 1.48. The van der Waals surface area contributed by atoms with Gasteiger partial charge in [0.1, 0.15) is 12.1 Å². The van der Waals surface area contributed by atoms with Gasteiger partial charge in [-0.05, 0) is 42.0 Å². The summed E-state index contributed by atoms with van der Waals surface area (Å²) < 4.78 is 2.03. The molecule has 26 heavy (non-hydrogen) atoms. The van der Waals surface area contributed by atoms with E-state index in [0.717, 1.165) is 22.3 Å².